The van der Waals surface area contributed by atoms with Gasteiger partial charge >= 0.3 is 11.9 Å². The highest BCUT2D eigenvalue weighted by molar-refractivity contribution is 5.96. The Bertz CT molecular complexity index is 1340. The second-order valence-electron chi connectivity index (χ2n) is 8.31. The van der Waals surface area contributed by atoms with Crippen molar-refractivity contribution < 1.29 is 19.4 Å². The van der Waals surface area contributed by atoms with Crippen LogP contribution in [0.5, 0.6) is 0 Å². The normalized spacial score (nSPS) is 12.0. The molecule has 0 radical (unpaired) electrons. The molecule has 2 heterocycles. The molecule has 2 aromatic carbocycles. The van der Waals surface area contributed by atoms with Crippen LogP contribution in [0.3, 0.4) is 0 Å². The third kappa shape index (κ3) is 4.57. The van der Waals surface area contributed by atoms with E-state index in [4.69, 9.17) is 9.72 Å². The number of imidazole rings is 1. The van der Waals surface area contributed by atoms with Crippen molar-refractivity contribution in [2.45, 2.75) is 46.1 Å². The number of aromatic carboxylic acids is 1. The first-order chi connectivity index (χ1) is 16.4. The molecule has 0 saturated carbocycles. The molecule has 0 aliphatic heterocycles. The smallest absolute Gasteiger partial charge is 0.336 e. The summed E-state index contributed by atoms with van der Waals surface area (Å²) in [7, 11) is 0. The van der Waals surface area contributed by atoms with Crippen LogP contribution in [0.4, 0.5) is 0 Å². The summed E-state index contributed by atoms with van der Waals surface area (Å²) in [4.78, 5) is 28.9. The van der Waals surface area contributed by atoms with Gasteiger partial charge in [-0.1, -0.05) is 62.4 Å². The maximum absolute atomic E-state index is 12.6. The maximum atomic E-state index is 12.6. The first-order valence-electron chi connectivity index (χ1n) is 11.5. The largest absolute Gasteiger partial charge is 0.478 e. The van der Waals surface area contributed by atoms with Crippen LogP contribution in [-0.2, 0) is 16.0 Å². The number of hydrogen-bond acceptors (Lipinski definition) is 4. The zero-order valence-electron chi connectivity index (χ0n) is 19.6. The second-order valence-corrected chi connectivity index (χ2v) is 8.31. The first kappa shape index (κ1) is 23.2. The van der Waals surface area contributed by atoms with Gasteiger partial charge in [0.05, 0.1) is 17.0 Å². The summed E-state index contributed by atoms with van der Waals surface area (Å²) in [5.41, 5.74) is 6.14. The van der Waals surface area contributed by atoms with E-state index >= 15 is 0 Å². The molecule has 4 aromatic rings. The number of carbonyl (C=O) groups is 2. The highest BCUT2D eigenvalue weighted by Gasteiger charge is 2.23. The maximum Gasteiger partial charge on any atom is 0.336 e. The average Bonchev–Trinajstić information content (AvgIpc) is 3.29. The van der Waals surface area contributed by atoms with Gasteiger partial charge in [0.25, 0.3) is 0 Å². The minimum Gasteiger partial charge on any atom is -0.478 e. The molecule has 0 aliphatic rings. The van der Waals surface area contributed by atoms with E-state index in [1.165, 1.54) is 0 Å². The Morgan fingerprint density at radius 3 is 2.44 bits per heavy atom. The molecular formula is C28H28N2O4. The summed E-state index contributed by atoms with van der Waals surface area (Å²) in [6.07, 6.45) is 3.21. The third-order valence-electron chi connectivity index (χ3n) is 5.91. The van der Waals surface area contributed by atoms with E-state index in [1.807, 2.05) is 66.9 Å². The highest BCUT2D eigenvalue weighted by atomic mass is 16.5. The minimum atomic E-state index is -0.972. The molecule has 4 rings (SSSR count). The number of aromatic nitrogens is 2. The number of rotatable bonds is 8. The second kappa shape index (κ2) is 9.91. The predicted octanol–water partition coefficient (Wildman–Crippen LogP) is 6.00. The molecule has 0 spiro atoms. The number of fused-ring (bicyclic) bond motifs is 1. The van der Waals surface area contributed by atoms with Crippen LogP contribution >= 0.6 is 0 Å². The number of carboxylic acids is 1. The summed E-state index contributed by atoms with van der Waals surface area (Å²) in [6, 6.07) is 18.4. The lowest BCUT2D eigenvalue weighted by molar-refractivity contribution is -0.147. The number of ether oxygens (including phenoxy) is 1. The van der Waals surface area contributed by atoms with Crippen molar-refractivity contribution in [3.63, 3.8) is 0 Å². The molecule has 2 aromatic heterocycles. The highest BCUT2D eigenvalue weighted by Crippen LogP contribution is 2.31. The number of pyridine rings is 1. The fourth-order valence-electron chi connectivity index (χ4n) is 4.11. The van der Waals surface area contributed by atoms with Gasteiger partial charge in [-0.2, -0.15) is 0 Å². The molecule has 0 unspecified atom stereocenters. The van der Waals surface area contributed by atoms with E-state index in [2.05, 4.69) is 6.92 Å². The van der Waals surface area contributed by atoms with E-state index in [0.29, 0.717) is 18.4 Å². The molecule has 1 atom stereocenters. The fraction of sp³-hybridized carbons (Fsp3) is 0.250. The Balaban J connectivity index is 1.80. The Labute approximate surface area is 198 Å². The lowest BCUT2D eigenvalue weighted by Gasteiger charge is -2.21. The van der Waals surface area contributed by atoms with Crippen LogP contribution in [0.25, 0.3) is 16.8 Å². The quantitative estimate of drug-likeness (QED) is 0.329. The monoisotopic (exact) mass is 456 g/mol. The third-order valence-corrected chi connectivity index (χ3v) is 5.91. The van der Waals surface area contributed by atoms with Gasteiger partial charge in [-0.25, -0.2) is 9.78 Å². The molecule has 0 amide bonds. The number of carboxylic acid groups (broad SMARTS) is 1. The summed E-state index contributed by atoms with van der Waals surface area (Å²) in [5.74, 6) is -1.24. The van der Waals surface area contributed by atoms with Crippen LogP contribution in [0.1, 0.15) is 65.7 Å². The molecular weight excluding hydrogens is 428 g/mol. The number of aryl methyl sites for hydroxylation is 2. The zero-order chi connectivity index (χ0) is 24.2. The van der Waals surface area contributed by atoms with Gasteiger partial charge in [0.15, 0.2) is 6.10 Å². The van der Waals surface area contributed by atoms with Gasteiger partial charge < -0.3 is 9.84 Å². The molecule has 6 heteroatoms. The van der Waals surface area contributed by atoms with Crippen molar-refractivity contribution in [3.05, 3.63) is 94.9 Å². The molecule has 1 N–H and O–H groups in total. The van der Waals surface area contributed by atoms with Crippen LogP contribution < -0.4 is 0 Å². The SMILES string of the molecule is CCCC(=O)O[C@H](c1ccc(-c2ccccc2C(=O)O)cc1)c1ccc(C)c2nc(CC)cn12. The van der Waals surface area contributed by atoms with Crippen LogP contribution in [0.15, 0.2) is 66.9 Å². The number of esters is 1. The predicted molar refractivity (Wildman–Crippen MR) is 131 cm³/mol. The van der Waals surface area contributed by atoms with Gasteiger partial charge in [0.1, 0.15) is 5.65 Å². The van der Waals surface area contributed by atoms with Crippen LogP contribution in [-0.4, -0.2) is 26.4 Å². The Morgan fingerprint density at radius 2 is 1.76 bits per heavy atom. The Kier molecular flexibility index (Phi) is 6.77. The Hall–Kier alpha value is -3.93. The summed E-state index contributed by atoms with van der Waals surface area (Å²) < 4.78 is 7.99. The van der Waals surface area contributed by atoms with E-state index in [1.54, 1.807) is 18.2 Å². The van der Waals surface area contributed by atoms with Crippen molar-refractivity contribution >= 4 is 17.6 Å². The molecule has 0 saturated heterocycles. The lowest BCUT2D eigenvalue weighted by Crippen LogP contribution is -2.15. The Morgan fingerprint density at radius 1 is 1.03 bits per heavy atom. The molecule has 0 aliphatic carbocycles. The van der Waals surface area contributed by atoms with Gasteiger partial charge in [0.2, 0.25) is 0 Å². The van der Waals surface area contributed by atoms with Crippen molar-refractivity contribution in [2.24, 2.45) is 0 Å². The van der Waals surface area contributed by atoms with Crippen LogP contribution in [0.2, 0.25) is 0 Å². The van der Waals surface area contributed by atoms with E-state index in [-0.39, 0.29) is 11.5 Å². The first-order valence-corrected chi connectivity index (χ1v) is 11.5. The van der Waals surface area contributed by atoms with Gasteiger partial charge in [-0.05, 0) is 54.2 Å². The standard InChI is InChI=1S/C28H28N2O4/c1-4-8-25(31)34-26(24-16-11-18(3)27-29-21(5-2)17-30(24)27)20-14-12-19(13-15-20)22-9-6-7-10-23(22)28(32)33/h6-7,9-17,26H,4-5,8H2,1-3H3,(H,32,33)/t26-/m1/s1. The summed E-state index contributed by atoms with van der Waals surface area (Å²) >= 11 is 0. The number of nitrogens with zero attached hydrogens (tertiary/aromatic N) is 2. The van der Waals surface area contributed by atoms with E-state index in [0.717, 1.165) is 40.1 Å². The van der Waals surface area contributed by atoms with Crippen LogP contribution in [0, 0.1) is 6.92 Å². The van der Waals surface area contributed by atoms with Gasteiger partial charge in [-0.15, -0.1) is 0 Å². The van der Waals surface area contributed by atoms with E-state index in [9.17, 15) is 14.7 Å². The topological polar surface area (TPSA) is 80.9 Å². The minimum absolute atomic E-state index is 0.243. The van der Waals surface area contributed by atoms with E-state index < -0.39 is 12.1 Å². The average molecular weight is 457 g/mol. The molecule has 174 valence electrons. The number of carbonyl (C=O) groups excluding carboxylic acids is 1. The molecule has 0 bridgehead atoms. The van der Waals surface area contributed by atoms with Gasteiger partial charge in [0, 0.05) is 12.6 Å². The van der Waals surface area contributed by atoms with Crippen molar-refractivity contribution in [1.29, 1.82) is 0 Å². The molecule has 0 fully saturated rings. The summed E-state index contributed by atoms with van der Waals surface area (Å²) in [6.45, 7) is 6.01. The van der Waals surface area contributed by atoms with Crippen molar-refractivity contribution in [1.82, 2.24) is 9.38 Å². The fourth-order valence-corrected chi connectivity index (χ4v) is 4.11. The zero-order valence-corrected chi connectivity index (χ0v) is 19.6. The summed E-state index contributed by atoms with van der Waals surface area (Å²) in [5, 5.41) is 9.55. The lowest BCUT2D eigenvalue weighted by atomic mass is 9.96. The number of hydrogen-bond donors (Lipinski definition) is 1. The molecule has 6 nitrogen and oxygen atoms in total. The van der Waals surface area contributed by atoms with Crippen molar-refractivity contribution in [2.75, 3.05) is 0 Å². The van der Waals surface area contributed by atoms with Crippen molar-refractivity contribution in [3.8, 4) is 11.1 Å². The molecule has 34 heavy (non-hydrogen) atoms. The van der Waals surface area contributed by atoms with Gasteiger partial charge in [-0.3, -0.25) is 9.20 Å². The number of benzene rings is 2.